The standard InChI is InChI=1S/C23H27N5O2/c1-15(2)21(14-29)27-23-26-20(17-7-5-4-6-8-17)13-22(28-23)25-19-11-9-18(10-12-19)24-16(3)30/h4-13,15,21,29H,14H2,1-3H3,(H,24,30)(H2,25,26,27,28)/t21-/m0/s1. The first-order valence-corrected chi connectivity index (χ1v) is 9.91. The number of hydrogen-bond acceptors (Lipinski definition) is 6. The SMILES string of the molecule is CC(=O)Nc1ccc(Nc2cc(-c3ccccc3)nc(N[C@@H](CO)C(C)C)n2)cc1. The first-order chi connectivity index (χ1) is 14.4. The van der Waals surface area contributed by atoms with Crippen LogP contribution in [0.1, 0.15) is 20.8 Å². The van der Waals surface area contributed by atoms with Crippen LogP contribution in [0.15, 0.2) is 60.7 Å². The second-order valence-electron chi connectivity index (χ2n) is 7.39. The monoisotopic (exact) mass is 405 g/mol. The van der Waals surface area contributed by atoms with E-state index < -0.39 is 0 Å². The minimum Gasteiger partial charge on any atom is -0.394 e. The molecule has 1 atom stereocenters. The lowest BCUT2D eigenvalue weighted by atomic mass is 10.1. The minimum absolute atomic E-state index is 0.00996. The third-order valence-electron chi connectivity index (χ3n) is 4.59. The molecule has 1 heterocycles. The van der Waals surface area contributed by atoms with Crippen LogP contribution in [0.2, 0.25) is 0 Å². The Balaban J connectivity index is 1.90. The fraction of sp³-hybridized carbons (Fsp3) is 0.261. The maximum Gasteiger partial charge on any atom is 0.225 e. The lowest BCUT2D eigenvalue weighted by Gasteiger charge is -2.20. The molecular formula is C23H27N5O2. The zero-order valence-electron chi connectivity index (χ0n) is 17.4. The van der Waals surface area contributed by atoms with Crippen LogP contribution < -0.4 is 16.0 Å². The van der Waals surface area contributed by atoms with Gasteiger partial charge in [-0.2, -0.15) is 4.98 Å². The summed E-state index contributed by atoms with van der Waals surface area (Å²) < 4.78 is 0. The average Bonchev–Trinajstić information content (AvgIpc) is 2.73. The molecule has 1 aromatic heterocycles. The van der Waals surface area contributed by atoms with E-state index in [0.717, 1.165) is 22.6 Å². The molecule has 1 amide bonds. The van der Waals surface area contributed by atoms with Gasteiger partial charge in [0.2, 0.25) is 11.9 Å². The highest BCUT2D eigenvalue weighted by atomic mass is 16.3. The van der Waals surface area contributed by atoms with Crippen LogP contribution in [-0.4, -0.2) is 33.6 Å². The van der Waals surface area contributed by atoms with Crippen LogP contribution in [0.4, 0.5) is 23.1 Å². The number of nitrogens with one attached hydrogen (secondary N) is 3. The molecular weight excluding hydrogens is 378 g/mol. The Hall–Kier alpha value is -3.45. The molecule has 0 saturated carbocycles. The van der Waals surface area contributed by atoms with E-state index >= 15 is 0 Å². The van der Waals surface area contributed by atoms with Crippen molar-refractivity contribution in [1.29, 1.82) is 0 Å². The molecule has 0 radical (unpaired) electrons. The van der Waals surface area contributed by atoms with Gasteiger partial charge in [-0.3, -0.25) is 4.79 Å². The van der Waals surface area contributed by atoms with Gasteiger partial charge in [0.15, 0.2) is 0 Å². The summed E-state index contributed by atoms with van der Waals surface area (Å²) in [6, 6.07) is 19.0. The summed E-state index contributed by atoms with van der Waals surface area (Å²) in [7, 11) is 0. The summed E-state index contributed by atoms with van der Waals surface area (Å²) >= 11 is 0. The van der Waals surface area contributed by atoms with Crippen LogP contribution in [0.5, 0.6) is 0 Å². The average molecular weight is 406 g/mol. The number of anilines is 4. The van der Waals surface area contributed by atoms with Crippen molar-refractivity contribution in [2.24, 2.45) is 5.92 Å². The van der Waals surface area contributed by atoms with Gasteiger partial charge in [-0.15, -0.1) is 0 Å². The third kappa shape index (κ3) is 5.78. The summed E-state index contributed by atoms with van der Waals surface area (Å²) in [4.78, 5) is 20.4. The molecule has 0 unspecified atom stereocenters. The number of nitrogens with zero attached hydrogens (tertiary/aromatic N) is 2. The van der Waals surface area contributed by atoms with Gasteiger partial charge in [-0.25, -0.2) is 4.98 Å². The minimum atomic E-state index is -0.152. The van der Waals surface area contributed by atoms with Crippen molar-refractivity contribution in [1.82, 2.24) is 9.97 Å². The number of hydrogen-bond donors (Lipinski definition) is 4. The van der Waals surface area contributed by atoms with E-state index in [0.29, 0.717) is 11.8 Å². The molecule has 3 rings (SSSR count). The first kappa shape index (κ1) is 21.3. The quantitative estimate of drug-likeness (QED) is 0.447. The number of rotatable bonds is 8. The lowest BCUT2D eigenvalue weighted by molar-refractivity contribution is -0.114. The van der Waals surface area contributed by atoms with E-state index in [1.807, 2.05) is 74.5 Å². The number of aromatic nitrogens is 2. The summed E-state index contributed by atoms with van der Waals surface area (Å²) in [5.41, 5.74) is 3.30. The number of aliphatic hydroxyl groups is 1. The van der Waals surface area contributed by atoms with Crippen LogP contribution in [-0.2, 0) is 4.79 Å². The predicted molar refractivity (Wildman–Crippen MR) is 121 cm³/mol. The zero-order chi connectivity index (χ0) is 21.5. The molecule has 4 N–H and O–H groups in total. The van der Waals surface area contributed by atoms with Crippen LogP contribution >= 0.6 is 0 Å². The first-order valence-electron chi connectivity index (χ1n) is 9.91. The fourth-order valence-electron chi connectivity index (χ4n) is 2.91. The van der Waals surface area contributed by atoms with Gasteiger partial charge in [-0.1, -0.05) is 44.2 Å². The Bertz CT molecular complexity index is 975. The Morgan fingerprint density at radius 2 is 1.67 bits per heavy atom. The number of carbonyl (C=O) groups excluding carboxylic acids is 1. The zero-order valence-corrected chi connectivity index (χ0v) is 17.4. The van der Waals surface area contributed by atoms with E-state index in [2.05, 4.69) is 25.9 Å². The summed E-state index contributed by atoms with van der Waals surface area (Å²) in [6.45, 7) is 5.53. The normalized spacial score (nSPS) is 11.8. The van der Waals surface area contributed by atoms with Gasteiger partial charge in [0.1, 0.15) is 5.82 Å². The van der Waals surface area contributed by atoms with Crippen molar-refractivity contribution in [3.05, 3.63) is 60.7 Å². The Labute approximate surface area is 176 Å². The van der Waals surface area contributed by atoms with E-state index in [4.69, 9.17) is 0 Å². The topological polar surface area (TPSA) is 99.2 Å². The molecule has 0 spiro atoms. The summed E-state index contributed by atoms with van der Waals surface area (Å²) in [5.74, 6) is 1.18. The van der Waals surface area contributed by atoms with Crippen LogP contribution in [0.3, 0.4) is 0 Å². The number of amides is 1. The lowest BCUT2D eigenvalue weighted by Crippen LogP contribution is -2.30. The fourth-order valence-corrected chi connectivity index (χ4v) is 2.91. The molecule has 3 aromatic rings. The van der Waals surface area contributed by atoms with Crippen molar-refractivity contribution in [3.63, 3.8) is 0 Å². The van der Waals surface area contributed by atoms with E-state index in [9.17, 15) is 9.90 Å². The van der Waals surface area contributed by atoms with Crippen molar-refractivity contribution < 1.29 is 9.90 Å². The van der Waals surface area contributed by atoms with Gasteiger partial charge in [0.25, 0.3) is 0 Å². The molecule has 7 heteroatoms. The summed E-state index contributed by atoms with van der Waals surface area (Å²) in [6.07, 6.45) is 0. The Morgan fingerprint density at radius 3 is 2.27 bits per heavy atom. The second kappa shape index (κ2) is 9.84. The number of benzene rings is 2. The number of aliphatic hydroxyl groups excluding tert-OH is 1. The number of carbonyl (C=O) groups is 1. The maximum atomic E-state index is 11.2. The maximum absolute atomic E-state index is 11.2. The predicted octanol–water partition coefficient (Wildman–Crippen LogP) is 4.27. The molecule has 30 heavy (non-hydrogen) atoms. The van der Waals surface area contributed by atoms with Crippen LogP contribution in [0, 0.1) is 5.92 Å². The van der Waals surface area contributed by atoms with Gasteiger partial charge < -0.3 is 21.1 Å². The van der Waals surface area contributed by atoms with Gasteiger partial charge in [-0.05, 0) is 30.2 Å². The molecule has 156 valence electrons. The molecule has 0 aliphatic heterocycles. The molecule has 0 bridgehead atoms. The second-order valence-corrected chi connectivity index (χ2v) is 7.39. The highest BCUT2D eigenvalue weighted by molar-refractivity contribution is 5.88. The largest absolute Gasteiger partial charge is 0.394 e. The van der Waals surface area contributed by atoms with Gasteiger partial charge >= 0.3 is 0 Å². The Kier molecular flexibility index (Phi) is 6.98. The van der Waals surface area contributed by atoms with Crippen LogP contribution in [0.25, 0.3) is 11.3 Å². The van der Waals surface area contributed by atoms with Crippen molar-refractivity contribution >= 4 is 29.0 Å². The van der Waals surface area contributed by atoms with Crippen molar-refractivity contribution in [3.8, 4) is 11.3 Å². The van der Waals surface area contributed by atoms with E-state index in [1.54, 1.807) is 0 Å². The smallest absolute Gasteiger partial charge is 0.225 e. The Morgan fingerprint density at radius 1 is 1.00 bits per heavy atom. The third-order valence-corrected chi connectivity index (χ3v) is 4.59. The summed E-state index contributed by atoms with van der Waals surface area (Å²) in [5, 5.41) is 18.9. The highest BCUT2D eigenvalue weighted by Crippen LogP contribution is 2.25. The molecule has 0 aliphatic carbocycles. The van der Waals surface area contributed by atoms with E-state index in [-0.39, 0.29) is 24.5 Å². The molecule has 0 saturated heterocycles. The molecule has 7 nitrogen and oxygen atoms in total. The molecule has 0 aliphatic rings. The molecule has 2 aromatic carbocycles. The van der Waals surface area contributed by atoms with Crippen molar-refractivity contribution in [2.45, 2.75) is 26.8 Å². The molecule has 0 fully saturated rings. The van der Waals surface area contributed by atoms with Gasteiger partial charge in [0.05, 0.1) is 18.3 Å². The highest BCUT2D eigenvalue weighted by Gasteiger charge is 2.15. The van der Waals surface area contributed by atoms with E-state index in [1.165, 1.54) is 6.92 Å². The van der Waals surface area contributed by atoms with Gasteiger partial charge in [0, 0.05) is 29.9 Å². The van der Waals surface area contributed by atoms with Crippen molar-refractivity contribution in [2.75, 3.05) is 22.6 Å².